The summed E-state index contributed by atoms with van der Waals surface area (Å²) in [6, 6.07) is 19.5. The topological polar surface area (TPSA) is 116 Å². The van der Waals surface area contributed by atoms with Gasteiger partial charge in [-0.15, -0.1) is 0 Å². The van der Waals surface area contributed by atoms with Crippen LogP contribution in [0.5, 0.6) is 5.75 Å². The van der Waals surface area contributed by atoms with Crippen LogP contribution in [0.3, 0.4) is 0 Å². The van der Waals surface area contributed by atoms with Crippen molar-refractivity contribution >= 4 is 5.97 Å². The van der Waals surface area contributed by atoms with Gasteiger partial charge in [-0.1, -0.05) is 23.4 Å². The third kappa shape index (κ3) is 5.12. The molecule has 0 radical (unpaired) electrons. The summed E-state index contributed by atoms with van der Waals surface area (Å²) in [6.45, 7) is 0.565. The first-order valence-electron chi connectivity index (χ1n) is 12.1. The fraction of sp³-hybridized carbons (Fsp3) is 0.0690. The Balaban J connectivity index is 1.11. The Labute approximate surface area is 225 Å². The van der Waals surface area contributed by atoms with E-state index in [-0.39, 0.29) is 23.5 Å². The predicted octanol–water partition coefficient (Wildman–Crippen LogP) is 5.70. The third-order valence-corrected chi connectivity index (χ3v) is 6.14. The highest BCUT2D eigenvalue weighted by Crippen LogP contribution is 2.27. The van der Waals surface area contributed by atoms with Gasteiger partial charge in [0.1, 0.15) is 36.0 Å². The van der Waals surface area contributed by atoms with Gasteiger partial charge in [-0.3, -0.25) is 4.68 Å². The van der Waals surface area contributed by atoms with Crippen molar-refractivity contribution in [1.82, 2.24) is 24.9 Å². The summed E-state index contributed by atoms with van der Waals surface area (Å²) in [5.41, 5.74) is 3.43. The van der Waals surface area contributed by atoms with Gasteiger partial charge in [0.25, 0.3) is 0 Å². The summed E-state index contributed by atoms with van der Waals surface area (Å²) in [5.74, 6) is -1.66. The number of benzene rings is 3. The van der Waals surface area contributed by atoms with Crippen molar-refractivity contribution in [2.75, 3.05) is 0 Å². The number of hydrogen-bond acceptors (Lipinski definition) is 7. The number of hydrogen-bond donors (Lipinski definition) is 1. The lowest BCUT2D eigenvalue weighted by Gasteiger charge is -2.07. The minimum atomic E-state index is -1.00. The Morgan fingerprint density at radius 3 is 2.50 bits per heavy atom. The summed E-state index contributed by atoms with van der Waals surface area (Å²) in [6.07, 6.45) is 3.14. The standard InChI is InChI=1S/C29H19F2N5O4/c30-23-3-1-2-22(27(23)31)28-33-25-13-32-36(15-26(25)34-28)14-21-12-24(35-40-21)18-8-10-20(11-9-18)39-16-17-4-6-19(7-5-17)29(37)38/h1-13,15H,14,16H2,(H,37,38). The SMILES string of the molecule is O=C(O)c1ccc(COc2ccc(-c3cc(Cn4cc5nc(-c6cccc(F)c6F)nc-5cn4)on3)cc2)cc1. The van der Waals surface area contributed by atoms with Crippen molar-refractivity contribution in [1.29, 1.82) is 0 Å². The number of carboxylic acid groups (broad SMARTS) is 1. The van der Waals surface area contributed by atoms with Crippen molar-refractivity contribution in [3.05, 3.63) is 114 Å². The van der Waals surface area contributed by atoms with E-state index in [0.29, 0.717) is 35.2 Å². The van der Waals surface area contributed by atoms with Crippen LogP contribution in [0.15, 0.2) is 89.7 Å². The fourth-order valence-electron chi connectivity index (χ4n) is 4.06. The summed E-state index contributed by atoms with van der Waals surface area (Å²) in [5, 5.41) is 17.5. The van der Waals surface area contributed by atoms with E-state index < -0.39 is 17.6 Å². The third-order valence-electron chi connectivity index (χ3n) is 6.14. The maximum atomic E-state index is 14.2. The van der Waals surface area contributed by atoms with E-state index in [4.69, 9.17) is 14.4 Å². The lowest BCUT2D eigenvalue weighted by molar-refractivity contribution is 0.0697. The molecule has 1 aromatic heterocycles. The number of rotatable bonds is 8. The molecule has 1 N–H and O–H groups in total. The van der Waals surface area contributed by atoms with Crippen molar-refractivity contribution in [2.24, 2.45) is 0 Å². The molecule has 4 aromatic rings. The van der Waals surface area contributed by atoms with Crippen LogP contribution in [0.1, 0.15) is 21.7 Å². The second-order valence-electron chi connectivity index (χ2n) is 8.88. The maximum absolute atomic E-state index is 14.2. The van der Waals surface area contributed by atoms with Crippen LogP contribution in [0.25, 0.3) is 34.0 Å². The highest BCUT2D eigenvalue weighted by molar-refractivity contribution is 5.87. The molecule has 0 atom stereocenters. The average molecular weight is 539 g/mol. The number of ether oxygens (including phenoxy) is 1. The first kappa shape index (κ1) is 24.9. The van der Waals surface area contributed by atoms with Crippen LogP contribution in [-0.2, 0) is 13.2 Å². The van der Waals surface area contributed by atoms with Crippen LogP contribution in [0, 0.1) is 11.6 Å². The zero-order valence-electron chi connectivity index (χ0n) is 20.7. The highest BCUT2D eigenvalue weighted by atomic mass is 19.2. The van der Waals surface area contributed by atoms with Gasteiger partial charge in [-0.25, -0.2) is 23.5 Å². The molecule has 6 rings (SSSR count). The van der Waals surface area contributed by atoms with Gasteiger partial charge in [0.05, 0.1) is 23.5 Å². The lowest BCUT2D eigenvalue weighted by Crippen LogP contribution is -2.04. The van der Waals surface area contributed by atoms with Gasteiger partial charge in [-0.2, -0.15) is 5.10 Å². The summed E-state index contributed by atoms with van der Waals surface area (Å²) < 4.78 is 40.7. The first-order chi connectivity index (χ1) is 19.4. The molecule has 0 bridgehead atoms. The molecule has 9 nitrogen and oxygen atoms in total. The lowest BCUT2D eigenvalue weighted by atomic mass is 10.1. The number of aromatic nitrogens is 5. The van der Waals surface area contributed by atoms with E-state index in [2.05, 4.69) is 20.2 Å². The van der Waals surface area contributed by atoms with Crippen LogP contribution in [0.4, 0.5) is 8.78 Å². The number of carboxylic acids is 1. The molecule has 3 heterocycles. The molecular weight excluding hydrogens is 520 g/mol. The average Bonchev–Trinajstić information content (AvgIpc) is 3.61. The Bertz CT molecular complexity index is 1780. The second kappa shape index (κ2) is 10.4. The molecule has 2 aliphatic rings. The minimum absolute atomic E-state index is 0.0200. The van der Waals surface area contributed by atoms with Gasteiger partial charge >= 0.3 is 5.97 Å². The van der Waals surface area contributed by atoms with E-state index >= 15 is 0 Å². The Hall–Kier alpha value is -5.45. The van der Waals surface area contributed by atoms with Gasteiger partial charge in [0, 0.05) is 11.6 Å². The first-order valence-corrected chi connectivity index (χ1v) is 12.1. The monoisotopic (exact) mass is 539 g/mol. The summed E-state index contributed by atoms with van der Waals surface area (Å²) >= 11 is 0. The van der Waals surface area contributed by atoms with Gasteiger partial charge in [0.2, 0.25) is 0 Å². The van der Waals surface area contributed by atoms with Crippen molar-refractivity contribution in [3.63, 3.8) is 0 Å². The van der Waals surface area contributed by atoms with Crippen LogP contribution < -0.4 is 4.74 Å². The molecular formula is C29H19F2N5O4. The van der Waals surface area contributed by atoms with Crippen LogP contribution >= 0.6 is 0 Å². The minimum Gasteiger partial charge on any atom is -0.489 e. The van der Waals surface area contributed by atoms with Crippen LogP contribution in [0.2, 0.25) is 0 Å². The number of imidazole rings is 1. The van der Waals surface area contributed by atoms with Crippen molar-refractivity contribution in [3.8, 4) is 39.8 Å². The predicted molar refractivity (Wildman–Crippen MR) is 139 cm³/mol. The Kier molecular flexibility index (Phi) is 6.44. The zero-order valence-corrected chi connectivity index (χ0v) is 20.7. The number of aromatic carboxylic acids is 1. The van der Waals surface area contributed by atoms with Crippen molar-refractivity contribution < 1.29 is 27.9 Å². The summed E-state index contributed by atoms with van der Waals surface area (Å²) in [4.78, 5) is 19.6. The molecule has 0 fully saturated rings. The molecule has 0 spiro atoms. The molecule has 198 valence electrons. The van der Waals surface area contributed by atoms with E-state index in [1.165, 1.54) is 30.5 Å². The number of fused-ring (bicyclic) bond motifs is 1. The number of nitrogens with zero attached hydrogens (tertiary/aromatic N) is 5. The molecule has 3 aromatic carbocycles. The molecule has 0 saturated carbocycles. The Morgan fingerprint density at radius 2 is 1.73 bits per heavy atom. The molecule has 2 aliphatic heterocycles. The fourth-order valence-corrected chi connectivity index (χ4v) is 4.06. The molecule has 11 heteroatoms. The van der Waals surface area contributed by atoms with Gasteiger partial charge in [-0.05, 0) is 54.1 Å². The number of carbonyl (C=O) groups is 1. The molecule has 0 amide bonds. The van der Waals surface area contributed by atoms with E-state index in [1.807, 2.05) is 24.3 Å². The second-order valence-corrected chi connectivity index (χ2v) is 8.88. The summed E-state index contributed by atoms with van der Waals surface area (Å²) in [7, 11) is 0. The van der Waals surface area contributed by atoms with E-state index in [1.54, 1.807) is 29.1 Å². The zero-order chi connectivity index (χ0) is 27.6. The highest BCUT2D eigenvalue weighted by Gasteiger charge is 2.18. The van der Waals surface area contributed by atoms with E-state index in [9.17, 15) is 13.6 Å². The van der Waals surface area contributed by atoms with Crippen molar-refractivity contribution in [2.45, 2.75) is 13.2 Å². The molecule has 0 saturated heterocycles. The van der Waals surface area contributed by atoms with Gasteiger partial charge < -0.3 is 14.4 Å². The number of halogens is 2. The largest absolute Gasteiger partial charge is 0.489 e. The molecule has 0 aliphatic carbocycles. The van der Waals surface area contributed by atoms with E-state index in [0.717, 1.165) is 17.2 Å². The quantitative estimate of drug-likeness (QED) is 0.262. The normalized spacial score (nSPS) is 11.2. The smallest absolute Gasteiger partial charge is 0.335 e. The molecule has 40 heavy (non-hydrogen) atoms. The Morgan fingerprint density at radius 1 is 0.950 bits per heavy atom. The van der Waals surface area contributed by atoms with Crippen LogP contribution in [-0.4, -0.2) is 36.0 Å². The maximum Gasteiger partial charge on any atom is 0.335 e. The van der Waals surface area contributed by atoms with Gasteiger partial charge in [0.15, 0.2) is 23.2 Å². The molecule has 0 unspecified atom stereocenters.